The van der Waals surface area contributed by atoms with Crippen molar-refractivity contribution >= 4 is 26.7 Å². The molecule has 2 aromatic heterocycles. The minimum Gasteiger partial charge on any atom is -0.481 e. The van der Waals surface area contributed by atoms with Gasteiger partial charge in [0, 0.05) is 30.6 Å². The van der Waals surface area contributed by atoms with Crippen LogP contribution >= 0.6 is 0 Å². The van der Waals surface area contributed by atoms with Gasteiger partial charge in [-0.15, -0.1) is 0 Å². The van der Waals surface area contributed by atoms with Gasteiger partial charge in [-0.1, -0.05) is 18.2 Å². The van der Waals surface area contributed by atoms with Crippen LogP contribution in [0.4, 0.5) is 19.0 Å². The van der Waals surface area contributed by atoms with Gasteiger partial charge in [-0.05, 0) is 58.1 Å². The first kappa shape index (κ1) is 29.5. The molecule has 0 bridgehead atoms. The molecule has 2 fully saturated rings. The summed E-state index contributed by atoms with van der Waals surface area (Å²) < 4.78 is 75.5. The van der Waals surface area contributed by atoms with E-state index in [2.05, 4.69) is 25.2 Å². The lowest BCUT2D eigenvalue weighted by atomic mass is 9.90. The summed E-state index contributed by atoms with van der Waals surface area (Å²) in [7, 11) is 0.389. The Labute approximate surface area is 238 Å². The highest BCUT2D eigenvalue weighted by molar-refractivity contribution is 7.91. The van der Waals surface area contributed by atoms with E-state index in [0.717, 1.165) is 24.7 Å². The first-order chi connectivity index (χ1) is 19.4. The molecular formula is C29H36F3N5O3S. The summed E-state index contributed by atoms with van der Waals surface area (Å²) in [5.41, 5.74) is 0.623. The Morgan fingerprint density at radius 3 is 2.54 bits per heavy atom. The summed E-state index contributed by atoms with van der Waals surface area (Å²) in [6.45, 7) is 4.96. The van der Waals surface area contributed by atoms with E-state index in [1.54, 1.807) is 13.8 Å². The molecule has 2 saturated heterocycles. The molecule has 12 heteroatoms. The van der Waals surface area contributed by atoms with Crippen LogP contribution in [0.5, 0.6) is 5.88 Å². The van der Waals surface area contributed by atoms with Gasteiger partial charge in [-0.25, -0.2) is 31.6 Å². The van der Waals surface area contributed by atoms with Gasteiger partial charge in [0.15, 0.2) is 5.65 Å². The Kier molecular flexibility index (Phi) is 8.17. The van der Waals surface area contributed by atoms with E-state index in [4.69, 9.17) is 4.74 Å². The molecule has 0 saturated carbocycles. The lowest BCUT2D eigenvalue weighted by Gasteiger charge is -2.37. The van der Waals surface area contributed by atoms with Crippen LogP contribution in [0.3, 0.4) is 0 Å². The van der Waals surface area contributed by atoms with Crippen LogP contribution < -0.4 is 10.1 Å². The Hall–Kier alpha value is -2.99. The molecule has 0 unspecified atom stereocenters. The summed E-state index contributed by atoms with van der Waals surface area (Å²) in [5.74, 6) is -2.74. The number of rotatable bonds is 9. The van der Waals surface area contributed by atoms with E-state index in [1.807, 2.05) is 13.1 Å². The molecule has 1 N–H and O–H groups in total. The van der Waals surface area contributed by atoms with Crippen molar-refractivity contribution in [3.63, 3.8) is 0 Å². The highest BCUT2D eigenvalue weighted by Gasteiger charge is 2.37. The summed E-state index contributed by atoms with van der Waals surface area (Å²) in [6, 6.07) is 5.27. The van der Waals surface area contributed by atoms with Gasteiger partial charge >= 0.3 is 0 Å². The van der Waals surface area contributed by atoms with Crippen LogP contribution in [0.1, 0.15) is 67.1 Å². The molecule has 8 nitrogen and oxygen atoms in total. The van der Waals surface area contributed by atoms with Crippen LogP contribution in [0, 0.1) is 18.7 Å². The van der Waals surface area contributed by atoms with E-state index >= 15 is 13.2 Å². The number of nitrogens with zero attached hydrogens (tertiary/aromatic N) is 4. The van der Waals surface area contributed by atoms with Crippen molar-refractivity contribution in [2.45, 2.75) is 57.4 Å². The van der Waals surface area contributed by atoms with Crippen LogP contribution in [-0.2, 0) is 15.8 Å². The van der Waals surface area contributed by atoms with Crippen molar-refractivity contribution < 1.29 is 26.3 Å². The fraction of sp³-hybridized carbons (Fsp3) is 0.552. The van der Waals surface area contributed by atoms with E-state index in [9.17, 15) is 8.42 Å². The number of aromatic nitrogens is 3. The Bertz CT molecular complexity index is 1530. The summed E-state index contributed by atoms with van der Waals surface area (Å²) in [5, 5.41) is 3.75. The number of benzene rings is 1. The number of likely N-dealkylation sites (tertiary alicyclic amines) is 1. The standard InChI is InChI=1S/C29H36F3N5O3S/c1-17(21-6-5-7-24(25(21)30)29(31,32)11-8-19-15-37(3)16-19)33-26-23-14-22(20-9-12-41(38,39)13-10-20)28(40-4)36-27(23)35-18(2)34-26/h5-7,14,17,19-20H,8-13,15-16H2,1-4H3,(H,33,34,35,36)/t17-/m1/s1. The summed E-state index contributed by atoms with van der Waals surface area (Å²) in [4.78, 5) is 15.6. The van der Waals surface area contributed by atoms with Crippen molar-refractivity contribution in [2.75, 3.05) is 44.1 Å². The smallest absolute Gasteiger partial charge is 0.276 e. The molecule has 2 aliphatic heterocycles. The van der Waals surface area contributed by atoms with Crippen LogP contribution in [0.25, 0.3) is 11.0 Å². The van der Waals surface area contributed by atoms with E-state index in [-0.39, 0.29) is 28.9 Å². The fourth-order valence-electron chi connectivity index (χ4n) is 5.91. The van der Waals surface area contributed by atoms with Gasteiger partial charge in [-0.3, -0.25) is 0 Å². The minimum atomic E-state index is -3.28. The number of pyridine rings is 1. The van der Waals surface area contributed by atoms with Gasteiger partial charge in [0.25, 0.3) is 5.92 Å². The molecule has 0 aliphatic carbocycles. The molecule has 0 radical (unpaired) electrons. The maximum Gasteiger partial charge on any atom is 0.276 e. The van der Waals surface area contributed by atoms with Crippen LogP contribution in [0.2, 0.25) is 0 Å². The lowest BCUT2D eigenvalue weighted by Crippen LogP contribution is -2.44. The van der Waals surface area contributed by atoms with Gasteiger partial charge in [0.1, 0.15) is 27.3 Å². The molecule has 3 aromatic rings. The van der Waals surface area contributed by atoms with Gasteiger partial charge in [-0.2, -0.15) is 4.98 Å². The zero-order chi connectivity index (χ0) is 29.5. The molecule has 5 rings (SSSR count). The molecule has 0 spiro atoms. The second-order valence-corrected chi connectivity index (χ2v) is 13.7. The average molecular weight is 592 g/mol. The second-order valence-electron chi connectivity index (χ2n) is 11.4. The fourth-order valence-corrected chi connectivity index (χ4v) is 7.40. The SMILES string of the molecule is COc1nc2nc(C)nc(N[C@H](C)c3cccc(C(F)(F)CCC4CN(C)C4)c3F)c2cc1C1CCS(=O)(=O)CC1. The van der Waals surface area contributed by atoms with E-state index in [0.29, 0.717) is 47.8 Å². The van der Waals surface area contributed by atoms with Crippen molar-refractivity contribution in [1.29, 1.82) is 0 Å². The van der Waals surface area contributed by atoms with Crippen molar-refractivity contribution in [1.82, 2.24) is 19.9 Å². The molecule has 222 valence electrons. The number of alkyl halides is 2. The van der Waals surface area contributed by atoms with Crippen molar-refractivity contribution in [3.8, 4) is 5.88 Å². The number of anilines is 1. The number of nitrogens with one attached hydrogen (secondary N) is 1. The maximum absolute atomic E-state index is 15.6. The number of methoxy groups -OCH3 is 1. The van der Waals surface area contributed by atoms with Crippen molar-refractivity contribution in [2.24, 2.45) is 5.92 Å². The number of ether oxygens (including phenoxy) is 1. The molecule has 4 heterocycles. The highest BCUT2D eigenvalue weighted by Crippen LogP contribution is 2.40. The molecular weight excluding hydrogens is 555 g/mol. The third-order valence-corrected chi connectivity index (χ3v) is 9.94. The first-order valence-electron chi connectivity index (χ1n) is 13.9. The zero-order valence-corrected chi connectivity index (χ0v) is 24.6. The lowest BCUT2D eigenvalue weighted by molar-refractivity contribution is -0.0301. The average Bonchev–Trinajstić information content (AvgIpc) is 2.89. The molecule has 1 aromatic carbocycles. The molecule has 0 amide bonds. The van der Waals surface area contributed by atoms with Gasteiger partial charge in [0.2, 0.25) is 5.88 Å². The highest BCUT2D eigenvalue weighted by atomic mass is 32.2. The van der Waals surface area contributed by atoms with Crippen LogP contribution in [-0.4, -0.2) is 67.0 Å². The third-order valence-electron chi connectivity index (χ3n) is 8.23. The Balaban J connectivity index is 1.43. The zero-order valence-electron chi connectivity index (χ0n) is 23.8. The summed E-state index contributed by atoms with van der Waals surface area (Å²) >= 11 is 0. The number of sulfone groups is 1. The largest absolute Gasteiger partial charge is 0.481 e. The van der Waals surface area contributed by atoms with Gasteiger partial charge in [0.05, 0.1) is 35.6 Å². The number of hydrogen-bond acceptors (Lipinski definition) is 8. The summed E-state index contributed by atoms with van der Waals surface area (Å²) in [6.07, 6.45) is 0.831. The van der Waals surface area contributed by atoms with E-state index in [1.165, 1.54) is 19.2 Å². The quantitative estimate of drug-likeness (QED) is 0.354. The number of fused-ring (bicyclic) bond motifs is 1. The van der Waals surface area contributed by atoms with Gasteiger partial charge < -0.3 is 15.0 Å². The third kappa shape index (κ3) is 6.28. The topological polar surface area (TPSA) is 97.3 Å². The second kappa shape index (κ2) is 11.4. The predicted octanol–water partition coefficient (Wildman–Crippen LogP) is 5.38. The number of aryl methyl sites for hydroxylation is 1. The number of hydrogen-bond donors (Lipinski definition) is 1. The minimum absolute atomic E-state index is 0.0753. The maximum atomic E-state index is 15.6. The van der Waals surface area contributed by atoms with E-state index < -0.39 is 39.6 Å². The van der Waals surface area contributed by atoms with Crippen molar-refractivity contribution in [3.05, 3.63) is 52.6 Å². The first-order valence-corrected chi connectivity index (χ1v) is 15.7. The van der Waals surface area contributed by atoms with Crippen LogP contribution in [0.15, 0.2) is 24.3 Å². The molecule has 2 aliphatic rings. The number of halogens is 3. The monoisotopic (exact) mass is 591 g/mol. The Morgan fingerprint density at radius 1 is 1.17 bits per heavy atom. The molecule has 41 heavy (non-hydrogen) atoms. The Morgan fingerprint density at radius 2 is 1.88 bits per heavy atom. The molecule has 1 atom stereocenters. The normalized spacial score (nSPS) is 19.2. The predicted molar refractivity (Wildman–Crippen MR) is 152 cm³/mol.